The fraction of sp³-hybridized carbons (Fsp3) is 0.231. The van der Waals surface area contributed by atoms with Gasteiger partial charge in [-0.15, -0.1) is 0 Å². The first kappa shape index (κ1) is 26.5. The van der Waals surface area contributed by atoms with Crippen molar-refractivity contribution in [3.05, 3.63) is 89.5 Å². The molecule has 0 spiro atoms. The van der Waals surface area contributed by atoms with E-state index in [0.29, 0.717) is 17.9 Å². The summed E-state index contributed by atoms with van der Waals surface area (Å²) in [5, 5.41) is 12.2. The van der Waals surface area contributed by atoms with E-state index in [9.17, 15) is 32.0 Å². The predicted molar refractivity (Wildman–Crippen MR) is 121 cm³/mol. The summed E-state index contributed by atoms with van der Waals surface area (Å²) in [6, 6.07) is 14.8. The molecule has 0 heterocycles. The van der Waals surface area contributed by atoms with Crippen molar-refractivity contribution in [3.63, 3.8) is 0 Å². The number of para-hydroxylation sites is 1. The fourth-order valence-electron chi connectivity index (χ4n) is 3.25. The molecular formula is C26H21F5N2O3. The van der Waals surface area contributed by atoms with Crippen LogP contribution in [-0.4, -0.2) is 12.0 Å². The number of carbonyl (C=O) groups excluding carboxylic acids is 1. The first-order valence-corrected chi connectivity index (χ1v) is 10.8. The van der Waals surface area contributed by atoms with Crippen molar-refractivity contribution in [3.8, 4) is 17.6 Å². The highest BCUT2D eigenvalue weighted by atomic mass is 19.4. The number of carbonyl (C=O) groups is 1. The van der Waals surface area contributed by atoms with Crippen LogP contribution in [0.25, 0.3) is 0 Å². The zero-order valence-corrected chi connectivity index (χ0v) is 19.1. The molecule has 1 N–H and O–H groups in total. The summed E-state index contributed by atoms with van der Waals surface area (Å²) in [6.45, 7) is 3.26. The van der Waals surface area contributed by atoms with Gasteiger partial charge in [0.2, 0.25) is 6.10 Å². The standard InChI is InChI=1S/C26H21F5N2O3/c1-15(2)24(33-17-9-10-19(21(28)13-17)26(29,30)31)25(34)36-23(14-32)16-8-11-20(27)22(12-16)35-18-6-4-3-5-7-18/h3-13,15,23-24,33H,1-2H3. The highest BCUT2D eigenvalue weighted by molar-refractivity contribution is 5.80. The van der Waals surface area contributed by atoms with Crippen molar-refractivity contribution >= 4 is 11.7 Å². The lowest BCUT2D eigenvalue weighted by molar-refractivity contribution is -0.149. The third kappa shape index (κ3) is 6.50. The van der Waals surface area contributed by atoms with Gasteiger partial charge < -0.3 is 14.8 Å². The Morgan fingerprint density at radius 1 is 0.972 bits per heavy atom. The summed E-state index contributed by atoms with van der Waals surface area (Å²) in [5.74, 6) is -3.40. The first-order chi connectivity index (χ1) is 17.0. The molecule has 0 saturated heterocycles. The Bertz CT molecular complexity index is 1260. The normalized spacial score (nSPS) is 13.0. The second-order valence-corrected chi connectivity index (χ2v) is 8.11. The van der Waals surface area contributed by atoms with Crippen molar-refractivity contribution < 1.29 is 36.2 Å². The fourth-order valence-corrected chi connectivity index (χ4v) is 3.25. The average molecular weight is 504 g/mol. The molecular weight excluding hydrogens is 483 g/mol. The number of hydrogen-bond acceptors (Lipinski definition) is 5. The number of alkyl halides is 3. The van der Waals surface area contributed by atoms with Crippen LogP contribution in [0.2, 0.25) is 0 Å². The van der Waals surface area contributed by atoms with E-state index in [1.54, 1.807) is 44.2 Å². The zero-order chi connectivity index (χ0) is 26.5. The van der Waals surface area contributed by atoms with Gasteiger partial charge in [-0.2, -0.15) is 18.4 Å². The van der Waals surface area contributed by atoms with Gasteiger partial charge in [0, 0.05) is 11.3 Å². The summed E-state index contributed by atoms with van der Waals surface area (Å²) >= 11 is 0. The first-order valence-electron chi connectivity index (χ1n) is 10.8. The summed E-state index contributed by atoms with van der Waals surface area (Å²) in [5.41, 5.74) is -1.38. The van der Waals surface area contributed by atoms with Gasteiger partial charge in [-0.05, 0) is 48.4 Å². The Kier molecular flexibility index (Phi) is 8.14. The van der Waals surface area contributed by atoms with E-state index in [1.807, 2.05) is 6.07 Å². The number of rotatable bonds is 8. The zero-order valence-electron chi connectivity index (χ0n) is 19.1. The molecule has 5 nitrogen and oxygen atoms in total. The van der Waals surface area contributed by atoms with E-state index in [1.165, 1.54) is 12.1 Å². The minimum Gasteiger partial charge on any atom is -0.454 e. The molecule has 0 saturated carbocycles. The average Bonchev–Trinajstić information content (AvgIpc) is 2.82. The minimum atomic E-state index is -4.86. The second kappa shape index (κ2) is 11.1. The number of ether oxygens (including phenoxy) is 2. The summed E-state index contributed by atoms with van der Waals surface area (Å²) in [7, 11) is 0. The van der Waals surface area contributed by atoms with Gasteiger partial charge in [-0.1, -0.05) is 38.1 Å². The van der Waals surface area contributed by atoms with Gasteiger partial charge >= 0.3 is 12.1 Å². The number of nitriles is 1. The molecule has 0 aliphatic carbocycles. The Morgan fingerprint density at radius 3 is 2.25 bits per heavy atom. The molecule has 0 fully saturated rings. The quantitative estimate of drug-likeness (QED) is 0.264. The molecule has 2 unspecified atom stereocenters. The number of hydrogen-bond donors (Lipinski definition) is 1. The number of nitrogens with one attached hydrogen (secondary N) is 1. The molecule has 0 amide bonds. The Balaban J connectivity index is 1.78. The maximum Gasteiger partial charge on any atom is 0.419 e. The van der Waals surface area contributed by atoms with E-state index in [0.717, 1.165) is 12.1 Å². The van der Waals surface area contributed by atoms with E-state index < -0.39 is 47.4 Å². The van der Waals surface area contributed by atoms with Crippen molar-refractivity contribution in [1.29, 1.82) is 5.26 Å². The SMILES string of the molecule is CC(C)C(Nc1ccc(C(F)(F)F)c(F)c1)C(=O)OC(C#N)c1ccc(F)c(Oc2ccccc2)c1. The van der Waals surface area contributed by atoms with E-state index in [-0.39, 0.29) is 17.0 Å². The largest absolute Gasteiger partial charge is 0.454 e. The molecule has 3 aromatic rings. The lowest BCUT2D eigenvalue weighted by Crippen LogP contribution is -2.36. The van der Waals surface area contributed by atoms with Gasteiger partial charge in [0.25, 0.3) is 0 Å². The number of halogens is 5. The lowest BCUT2D eigenvalue weighted by Gasteiger charge is -2.24. The number of esters is 1. The van der Waals surface area contributed by atoms with Crippen molar-refractivity contribution in [2.75, 3.05) is 5.32 Å². The van der Waals surface area contributed by atoms with Crippen LogP contribution in [-0.2, 0) is 15.7 Å². The van der Waals surface area contributed by atoms with Gasteiger partial charge in [-0.3, -0.25) is 0 Å². The summed E-state index contributed by atoms with van der Waals surface area (Å²) < 4.78 is 77.5. The molecule has 3 rings (SSSR count). The molecule has 0 bridgehead atoms. The van der Waals surface area contributed by atoms with Gasteiger partial charge in [0.15, 0.2) is 11.6 Å². The highest BCUT2D eigenvalue weighted by Crippen LogP contribution is 2.33. The molecule has 2 atom stereocenters. The number of benzene rings is 3. The Labute approximate surface area is 204 Å². The maximum atomic E-state index is 14.3. The highest BCUT2D eigenvalue weighted by Gasteiger charge is 2.34. The Morgan fingerprint density at radius 2 is 1.67 bits per heavy atom. The van der Waals surface area contributed by atoms with Gasteiger partial charge in [0.05, 0.1) is 5.56 Å². The van der Waals surface area contributed by atoms with Crippen molar-refractivity contribution in [2.45, 2.75) is 32.2 Å². The third-order valence-electron chi connectivity index (χ3n) is 5.10. The summed E-state index contributed by atoms with van der Waals surface area (Å²) in [6.07, 6.45) is -6.30. The molecule has 0 aromatic heterocycles. The van der Waals surface area contributed by atoms with E-state index in [2.05, 4.69) is 5.32 Å². The van der Waals surface area contributed by atoms with Crippen LogP contribution in [0.5, 0.6) is 11.5 Å². The van der Waals surface area contributed by atoms with Crippen LogP contribution in [0, 0.1) is 28.9 Å². The molecule has 188 valence electrons. The minimum absolute atomic E-state index is 0.0787. The smallest absolute Gasteiger partial charge is 0.419 e. The third-order valence-corrected chi connectivity index (χ3v) is 5.10. The summed E-state index contributed by atoms with van der Waals surface area (Å²) in [4.78, 5) is 12.9. The van der Waals surface area contributed by atoms with Crippen molar-refractivity contribution in [2.24, 2.45) is 5.92 Å². The Hall–Kier alpha value is -4.13. The van der Waals surface area contributed by atoms with Gasteiger partial charge in [-0.25, -0.2) is 13.6 Å². The van der Waals surface area contributed by atoms with Crippen LogP contribution >= 0.6 is 0 Å². The number of anilines is 1. The van der Waals surface area contributed by atoms with E-state index in [4.69, 9.17) is 9.47 Å². The lowest BCUT2D eigenvalue weighted by atomic mass is 10.0. The predicted octanol–water partition coefficient (Wildman–Crippen LogP) is 7.02. The molecule has 10 heteroatoms. The molecule has 0 radical (unpaired) electrons. The molecule has 0 aliphatic rings. The van der Waals surface area contributed by atoms with Crippen LogP contribution < -0.4 is 10.1 Å². The van der Waals surface area contributed by atoms with Crippen LogP contribution in [0.3, 0.4) is 0 Å². The van der Waals surface area contributed by atoms with Crippen LogP contribution in [0.15, 0.2) is 66.7 Å². The monoisotopic (exact) mass is 504 g/mol. The second-order valence-electron chi connectivity index (χ2n) is 8.11. The maximum absolute atomic E-state index is 14.3. The van der Waals surface area contributed by atoms with Crippen molar-refractivity contribution in [1.82, 2.24) is 0 Å². The topological polar surface area (TPSA) is 71.3 Å². The molecule has 3 aromatic carbocycles. The van der Waals surface area contributed by atoms with Crippen LogP contribution in [0.1, 0.15) is 31.1 Å². The molecule has 36 heavy (non-hydrogen) atoms. The van der Waals surface area contributed by atoms with Crippen LogP contribution in [0.4, 0.5) is 27.6 Å². The molecule has 0 aliphatic heterocycles. The van der Waals surface area contributed by atoms with E-state index >= 15 is 0 Å². The number of nitrogens with zero attached hydrogens (tertiary/aromatic N) is 1. The van der Waals surface area contributed by atoms with Gasteiger partial charge in [0.1, 0.15) is 23.7 Å².